The van der Waals surface area contributed by atoms with E-state index in [0.29, 0.717) is 38.0 Å². The van der Waals surface area contributed by atoms with Crippen molar-refractivity contribution in [2.24, 2.45) is 4.99 Å². The van der Waals surface area contributed by atoms with E-state index in [1.807, 2.05) is 49.6 Å². The first kappa shape index (κ1) is 27.9. The Labute approximate surface area is 217 Å². The predicted octanol–water partition coefficient (Wildman–Crippen LogP) is 2.41. The lowest BCUT2D eigenvalue weighted by atomic mass is 9.72. The molecule has 1 aliphatic rings. The number of carboxylic acid groups (broad SMARTS) is 1. The Balaban J connectivity index is 1.58. The first-order valence-corrected chi connectivity index (χ1v) is 12.2. The van der Waals surface area contributed by atoms with E-state index in [-0.39, 0.29) is 12.3 Å². The van der Waals surface area contributed by atoms with Crippen molar-refractivity contribution in [3.05, 3.63) is 84.1 Å². The average Bonchev–Trinajstić information content (AvgIpc) is 2.88. The molecule has 2 aromatic heterocycles. The van der Waals surface area contributed by atoms with Crippen LogP contribution in [0.4, 0.5) is 0 Å². The van der Waals surface area contributed by atoms with Gasteiger partial charge in [0.05, 0.1) is 35.4 Å². The maximum absolute atomic E-state index is 12.7. The lowest BCUT2D eigenvalue weighted by Gasteiger charge is -2.30. The standard InChI is InChI=1S/C26H32BN5O5/c1-2-3-5-12-28-14-15-32(18-21-7-4-6-13-29-21)19-22-9-8-20(17-30-22)26(35)31-24-11-10-23(16-25(33)34)37-27(24)36/h2-9,12-14,17,23-24,36H,10-11,15-16,18-19H2,1H3,(H,31,35)(H,33,34)/b3-2-,12-5-,28-14+. The van der Waals surface area contributed by atoms with Crippen LogP contribution in [0.25, 0.3) is 0 Å². The van der Waals surface area contributed by atoms with Gasteiger partial charge in [-0.1, -0.05) is 18.2 Å². The number of rotatable bonds is 12. The molecule has 37 heavy (non-hydrogen) atoms. The van der Waals surface area contributed by atoms with E-state index in [1.165, 1.54) is 6.20 Å². The number of aliphatic imine (C=N–C) groups is 1. The highest BCUT2D eigenvalue weighted by Gasteiger charge is 2.36. The molecule has 10 nitrogen and oxygen atoms in total. The number of pyridine rings is 2. The van der Waals surface area contributed by atoms with E-state index in [4.69, 9.17) is 9.76 Å². The van der Waals surface area contributed by atoms with Crippen molar-refractivity contribution in [3.8, 4) is 0 Å². The molecular weight excluding hydrogens is 473 g/mol. The molecule has 0 aromatic carbocycles. The number of nitrogens with zero attached hydrogens (tertiary/aromatic N) is 4. The van der Waals surface area contributed by atoms with Crippen LogP contribution >= 0.6 is 0 Å². The second-order valence-corrected chi connectivity index (χ2v) is 8.63. The fourth-order valence-electron chi connectivity index (χ4n) is 3.83. The monoisotopic (exact) mass is 505 g/mol. The summed E-state index contributed by atoms with van der Waals surface area (Å²) in [5.74, 6) is -1.99. The number of hydrogen-bond donors (Lipinski definition) is 3. The van der Waals surface area contributed by atoms with Crippen molar-refractivity contribution in [2.75, 3.05) is 6.54 Å². The molecular formula is C26H32BN5O5. The van der Waals surface area contributed by atoms with Crippen LogP contribution in [0.15, 0.2) is 72.1 Å². The minimum Gasteiger partial charge on any atom is -0.481 e. The molecule has 194 valence electrons. The van der Waals surface area contributed by atoms with Crippen molar-refractivity contribution in [2.45, 2.75) is 51.3 Å². The summed E-state index contributed by atoms with van der Waals surface area (Å²) in [6.45, 7) is 3.67. The summed E-state index contributed by atoms with van der Waals surface area (Å²) in [7, 11) is -1.26. The van der Waals surface area contributed by atoms with Gasteiger partial charge in [-0.25, -0.2) is 0 Å². The first-order valence-electron chi connectivity index (χ1n) is 12.2. The smallest absolute Gasteiger partial charge is 0.478 e. The van der Waals surface area contributed by atoms with Crippen LogP contribution in [0.3, 0.4) is 0 Å². The van der Waals surface area contributed by atoms with Crippen LogP contribution in [0.1, 0.15) is 47.9 Å². The Kier molecular flexibility index (Phi) is 11.2. The Bertz CT molecular complexity index is 1090. The Hall–Kier alpha value is -3.67. The van der Waals surface area contributed by atoms with Crippen LogP contribution in [-0.4, -0.2) is 68.8 Å². The molecule has 3 N–H and O–H groups in total. The zero-order valence-corrected chi connectivity index (χ0v) is 20.8. The van der Waals surface area contributed by atoms with E-state index in [2.05, 4.69) is 25.2 Å². The predicted molar refractivity (Wildman–Crippen MR) is 141 cm³/mol. The van der Waals surface area contributed by atoms with Gasteiger partial charge in [0.15, 0.2) is 0 Å². The second-order valence-electron chi connectivity index (χ2n) is 8.63. The van der Waals surface area contributed by atoms with Gasteiger partial charge in [0.2, 0.25) is 0 Å². The summed E-state index contributed by atoms with van der Waals surface area (Å²) >= 11 is 0. The molecule has 0 radical (unpaired) electrons. The maximum Gasteiger partial charge on any atom is 0.478 e. The zero-order valence-electron chi connectivity index (χ0n) is 20.8. The number of allylic oxidation sites excluding steroid dienone is 3. The molecule has 0 bridgehead atoms. The molecule has 1 aliphatic heterocycles. The molecule has 3 heterocycles. The van der Waals surface area contributed by atoms with Gasteiger partial charge in [0, 0.05) is 44.4 Å². The maximum atomic E-state index is 12.7. The fourth-order valence-corrected chi connectivity index (χ4v) is 3.83. The Morgan fingerprint density at radius 2 is 2.00 bits per heavy atom. The number of hydrogen-bond acceptors (Lipinski definition) is 8. The van der Waals surface area contributed by atoms with Crippen molar-refractivity contribution in [1.29, 1.82) is 0 Å². The first-order chi connectivity index (χ1) is 17.9. The molecule has 0 saturated carbocycles. The number of aliphatic carboxylic acids is 1. The van der Waals surface area contributed by atoms with Crippen molar-refractivity contribution in [1.82, 2.24) is 20.2 Å². The third-order valence-corrected chi connectivity index (χ3v) is 5.70. The molecule has 11 heteroatoms. The molecule has 1 fully saturated rings. The quantitative estimate of drug-likeness (QED) is 0.227. The number of amides is 1. The van der Waals surface area contributed by atoms with Crippen molar-refractivity contribution in [3.63, 3.8) is 0 Å². The summed E-state index contributed by atoms with van der Waals surface area (Å²) in [5, 5.41) is 21.8. The molecule has 1 saturated heterocycles. The van der Waals surface area contributed by atoms with Crippen LogP contribution in [0, 0.1) is 0 Å². The van der Waals surface area contributed by atoms with Gasteiger partial charge >= 0.3 is 13.1 Å². The van der Waals surface area contributed by atoms with E-state index < -0.39 is 25.1 Å². The van der Waals surface area contributed by atoms with Gasteiger partial charge < -0.3 is 20.1 Å². The second kappa shape index (κ2) is 14.8. The van der Waals surface area contributed by atoms with Gasteiger partial charge in [-0.3, -0.25) is 29.4 Å². The minimum atomic E-state index is -1.26. The van der Waals surface area contributed by atoms with Gasteiger partial charge in [0.25, 0.3) is 5.91 Å². The van der Waals surface area contributed by atoms with E-state index in [9.17, 15) is 14.6 Å². The number of carbonyl (C=O) groups is 2. The van der Waals surface area contributed by atoms with Crippen LogP contribution in [0.5, 0.6) is 0 Å². The van der Waals surface area contributed by atoms with E-state index in [0.717, 1.165) is 11.4 Å². The van der Waals surface area contributed by atoms with Gasteiger partial charge in [-0.15, -0.1) is 0 Å². The normalized spacial score (nSPS) is 18.3. The third kappa shape index (κ3) is 9.72. The lowest BCUT2D eigenvalue weighted by Crippen LogP contribution is -2.52. The molecule has 1 amide bonds. The summed E-state index contributed by atoms with van der Waals surface area (Å²) in [4.78, 5) is 38.8. The number of carbonyl (C=O) groups excluding carboxylic acids is 1. The van der Waals surface area contributed by atoms with Crippen molar-refractivity contribution >= 4 is 25.2 Å². The molecule has 0 spiro atoms. The summed E-state index contributed by atoms with van der Waals surface area (Å²) in [6.07, 6.45) is 12.6. The van der Waals surface area contributed by atoms with Crippen LogP contribution in [0.2, 0.25) is 0 Å². The molecule has 3 rings (SSSR count). The summed E-state index contributed by atoms with van der Waals surface area (Å²) in [5.41, 5.74) is 2.06. The van der Waals surface area contributed by atoms with Crippen LogP contribution in [-0.2, 0) is 22.5 Å². The summed E-state index contributed by atoms with van der Waals surface area (Å²) in [6, 6.07) is 9.26. The molecule has 0 aliphatic carbocycles. The zero-order chi connectivity index (χ0) is 26.5. The minimum absolute atomic E-state index is 0.181. The number of aromatic nitrogens is 2. The summed E-state index contributed by atoms with van der Waals surface area (Å²) < 4.78 is 5.33. The highest BCUT2D eigenvalue weighted by Crippen LogP contribution is 2.19. The lowest BCUT2D eigenvalue weighted by molar-refractivity contribution is -0.139. The van der Waals surface area contributed by atoms with E-state index in [1.54, 1.807) is 24.5 Å². The topological polar surface area (TPSA) is 137 Å². The number of carboxylic acids is 1. The van der Waals surface area contributed by atoms with Gasteiger partial charge in [-0.2, -0.15) is 0 Å². The fraction of sp³-hybridized carbons (Fsp3) is 0.346. The third-order valence-electron chi connectivity index (χ3n) is 5.70. The van der Waals surface area contributed by atoms with Crippen molar-refractivity contribution < 1.29 is 24.4 Å². The molecule has 2 atom stereocenters. The SMILES string of the molecule is C\C=C/C=C\N=C\CN(Cc1ccccn1)Cc1ccc(C(=O)NC2CCC(CC(=O)O)OB2O)cn1. The Morgan fingerprint density at radius 3 is 2.65 bits per heavy atom. The number of nitrogens with one attached hydrogen (secondary N) is 1. The highest BCUT2D eigenvalue weighted by atomic mass is 16.5. The van der Waals surface area contributed by atoms with E-state index >= 15 is 0 Å². The molecule has 2 unspecified atom stereocenters. The largest absolute Gasteiger partial charge is 0.481 e. The average molecular weight is 505 g/mol. The van der Waals surface area contributed by atoms with Crippen LogP contribution < -0.4 is 5.32 Å². The van der Waals surface area contributed by atoms with Gasteiger partial charge in [-0.05, 0) is 50.1 Å². The highest BCUT2D eigenvalue weighted by molar-refractivity contribution is 6.45. The molecule has 2 aromatic rings. The Morgan fingerprint density at radius 1 is 1.19 bits per heavy atom. The van der Waals surface area contributed by atoms with Gasteiger partial charge in [0.1, 0.15) is 0 Å².